The SMILES string of the molecule is CC(c1ccc(C(=O)NCCC=O)cc1)N1C(=O)C(c2cccc(OC(F)(F)F)c2)=NC12CCC(C(C)(C)C)CC2. The maximum Gasteiger partial charge on any atom is 0.573 e. The number of alkyl halides is 3. The maximum absolute atomic E-state index is 14.0. The van der Waals surface area contributed by atoms with Gasteiger partial charge in [0.25, 0.3) is 11.8 Å². The molecule has 2 aromatic rings. The molecule has 1 heterocycles. The number of nitrogens with zero attached hydrogens (tertiary/aromatic N) is 2. The average Bonchev–Trinajstić information content (AvgIpc) is 3.18. The summed E-state index contributed by atoms with van der Waals surface area (Å²) in [5, 5.41) is 2.68. The van der Waals surface area contributed by atoms with Gasteiger partial charge in [0.1, 0.15) is 23.4 Å². The van der Waals surface area contributed by atoms with E-state index < -0.39 is 23.8 Å². The van der Waals surface area contributed by atoms with E-state index >= 15 is 0 Å². The molecule has 0 aromatic heterocycles. The third kappa shape index (κ3) is 6.80. The Kier molecular flexibility index (Phi) is 8.61. The van der Waals surface area contributed by atoms with Crippen LogP contribution >= 0.6 is 0 Å². The summed E-state index contributed by atoms with van der Waals surface area (Å²) in [5.41, 5.74) is 0.873. The number of benzene rings is 2. The smallest absolute Gasteiger partial charge is 0.406 e. The molecule has 1 atom stereocenters. The first-order valence-corrected chi connectivity index (χ1v) is 13.9. The lowest BCUT2D eigenvalue weighted by Crippen LogP contribution is -2.50. The molecule has 1 spiro atoms. The average molecular weight is 572 g/mol. The van der Waals surface area contributed by atoms with E-state index in [1.807, 2.05) is 6.92 Å². The van der Waals surface area contributed by atoms with Crippen molar-refractivity contribution in [2.45, 2.75) is 77.9 Å². The van der Waals surface area contributed by atoms with Crippen LogP contribution in [-0.4, -0.2) is 47.3 Å². The molecule has 220 valence electrons. The van der Waals surface area contributed by atoms with Crippen molar-refractivity contribution in [2.24, 2.45) is 16.3 Å². The quantitative estimate of drug-likeness (QED) is 0.301. The van der Waals surface area contributed by atoms with Gasteiger partial charge in [-0.2, -0.15) is 0 Å². The van der Waals surface area contributed by atoms with Crippen LogP contribution in [0.15, 0.2) is 53.5 Å². The van der Waals surface area contributed by atoms with E-state index in [0.717, 1.165) is 24.7 Å². The number of amides is 2. The van der Waals surface area contributed by atoms with Crippen molar-refractivity contribution in [1.82, 2.24) is 10.2 Å². The molecule has 1 N–H and O–H groups in total. The number of carbonyl (C=O) groups is 3. The standard InChI is InChI=1S/C31H36F3N3O4/c1-20(21-9-11-22(12-10-21)27(39)35-17-6-18-38)37-28(40)26(23-7-5-8-25(19-23)41-31(32,33)34)36-30(37)15-13-24(14-16-30)29(2,3)4/h5,7-12,18-20,24H,6,13-17H2,1-4H3,(H,35,39). The van der Waals surface area contributed by atoms with E-state index in [9.17, 15) is 27.6 Å². The first kappa shape index (κ1) is 30.3. The number of nitrogens with one attached hydrogen (secondary N) is 1. The number of carbonyl (C=O) groups excluding carboxylic acids is 3. The van der Waals surface area contributed by atoms with Crippen LogP contribution < -0.4 is 10.1 Å². The van der Waals surface area contributed by atoms with Crippen LogP contribution in [0, 0.1) is 11.3 Å². The topological polar surface area (TPSA) is 88.1 Å². The molecule has 2 aromatic carbocycles. The zero-order valence-electron chi connectivity index (χ0n) is 23.8. The Hall–Kier alpha value is -3.69. The predicted octanol–water partition coefficient (Wildman–Crippen LogP) is 6.23. The molecule has 0 saturated heterocycles. The summed E-state index contributed by atoms with van der Waals surface area (Å²) in [6.45, 7) is 8.75. The molecule has 1 aliphatic carbocycles. The highest BCUT2D eigenvalue weighted by Crippen LogP contribution is 2.49. The fourth-order valence-electron chi connectivity index (χ4n) is 5.89. The summed E-state index contributed by atoms with van der Waals surface area (Å²) in [5.74, 6) is -0.622. The van der Waals surface area contributed by atoms with Crippen LogP contribution in [0.2, 0.25) is 0 Å². The summed E-state index contributed by atoms with van der Waals surface area (Å²) in [4.78, 5) is 43.7. The first-order valence-electron chi connectivity index (χ1n) is 13.9. The minimum absolute atomic E-state index is 0.0958. The molecule has 0 radical (unpaired) electrons. The number of rotatable bonds is 8. The summed E-state index contributed by atoms with van der Waals surface area (Å²) in [7, 11) is 0. The van der Waals surface area contributed by atoms with Gasteiger partial charge in [-0.15, -0.1) is 13.2 Å². The van der Waals surface area contributed by atoms with Crippen molar-refractivity contribution >= 4 is 23.8 Å². The van der Waals surface area contributed by atoms with Crippen LogP contribution in [0.4, 0.5) is 13.2 Å². The number of halogens is 3. The summed E-state index contributed by atoms with van der Waals surface area (Å²) in [6, 6.07) is 11.9. The third-order valence-electron chi connectivity index (χ3n) is 8.13. The molecule has 10 heteroatoms. The van der Waals surface area contributed by atoms with Crippen molar-refractivity contribution in [1.29, 1.82) is 0 Å². The van der Waals surface area contributed by atoms with Crippen molar-refractivity contribution < 1.29 is 32.3 Å². The fourth-order valence-corrected chi connectivity index (χ4v) is 5.89. The molecule has 1 unspecified atom stereocenters. The Morgan fingerprint density at radius 2 is 1.80 bits per heavy atom. The van der Waals surface area contributed by atoms with E-state index in [2.05, 4.69) is 30.8 Å². The van der Waals surface area contributed by atoms with Gasteiger partial charge in [0.2, 0.25) is 0 Å². The molecule has 1 saturated carbocycles. The Morgan fingerprint density at radius 1 is 1.15 bits per heavy atom. The lowest BCUT2D eigenvalue weighted by atomic mass is 9.69. The highest BCUT2D eigenvalue weighted by Gasteiger charge is 2.52. The molecule has 4 rings (SSSR count). The van der Waals surface area contributed by atoms with Crippen molar-refractivity contribution in [3.8, 4) is 5.75 Å². The number of aldehydes is 1. The summed E-state index contributed by atoms with van der Waals surface area (Å²) < 4.78 is 42.8. The molecule has 41 heavy (non-hydrogen) atoms. The molecule has 2 amide bonds. The Labute approximate surface area is 238 Å². The van der Waals surface area contributed by atoms with Gasteiger partial charge >= 0.3 is 6.36 Å². The van der Waals surface area contributed by atoms with Gasteiger partial charge in [-0.1, -0.05) is 45.0 Å². The van der Waals surface area contributed by atoms with Gasteiger partial charge in [-0.25, -0.2) is 0 Å². The van der Waals surface area contributed by atoms with Crippen molar-refractivity contribution in [3.05, 3.63) is 65.2 Å². The maximum atomic E-state index is 14.0. The van der Waals surface area contributed by atoms with Crippen molar-refractivity contribution in [2.75, 3.05) is 6.54 Å². The predicted molar refractivity (Wildman–Crippen MR) is 149 cm³/mol. The zero-order valence-corrected chi connectivity index (χ0v) is 23.8. The summed E-state index contributed by atoms with van der Waals surface area (Å²) >= 11 is 0. The zero-order chi connectivity index (χ0) is 30.0. The van der Waals surface area contributed by atoms with Gasteiger partial charge < -0.3 is 19.7 Å². The Morgan fingerprint density at radius 3 is 2.39 bits per heavy atom. The van der Waals surface area contributed by atoms with E-state index in [-0.39, 0.29) is 41.5 Å². The van der Waals surface area contributed by atoms with Crippen LogP contribution in [0.1, 0.15) is 87.3 Å². The van der Waals surface area contributed by atoms with E-state index in [1.54, 1.807) is 35.2 Å². The molecular weight excluding hydrogens is 535 g/mol. The molecule has 7 nitrogen and oxygen atoms in total. The summed E-state index contributed by atoms with van der Waals surface area (Å²) in [6.07, 6.45) is -0.927. The van der Waals surface area contributed by atoms with Gasteiger partial charge in [-0.05, 0) is 73.8 Å². The molecule has 1 aliphatic heterocycles. The minimum Gasteiger partial charge on any atom is -0.406 e. The molecule has 2 aliphatic rings. The monoisotopic (exact) mass is 571 g/mol. The molecule has 1 fully saturated rings. The van der Waals surface area contributed by atoms with Crippen molar-refractivity contribution in [3.63, 3.8) is 0 Å². The van der Waals surface area contributed by atoms with E-state index in [0.29, 0.717) is 24.3 Å². The lowest BCUT2D eigenvalue weighted by Gasteiger charge is -2.46. The molecule has 0 bridgehead atoms. The fraction of sp³-hybridized carbons (Fsp3) is 0.484. The Bertz CT molecular complexity index is 1310. The van der Waals surface area contributed by atoms with Gasteiger partial charge in [0.05, 0.1) is 6.04 Å². The number of hydrogen-bond donors (Lipinski definition) is 1. The molecular formula is C31H36F3N3O4. The van der Waals surface area contributed by atoms with Crippen LogP contribution in [-0.2, 0) is 9.59 Å². The normalized spacial score (nSPS) is 21.9. The number of aliphatic imine (C=N–C) groups is 1. The second-order valence-corrected chi connectivity index (χ2v) is 11.8. The second-order valence-electron chi connectivity index (χ2n) is 11.8. The Balaban J connectivity index is 1.65. The highest BCUT2D eigenvalue weighted by atomic mass is 19.4. The third-order valence-corrected chi connectivity index (χ3v) is 8.13. The first-order chi connectivity index (χ1) is 19.2. The van der Waals surface area contributed by atoms with Gasteiger partial charge in [0.15, 0.2) is 0 Å². The largest absolute Gasteiger partial charge is 0.573 e. The number of hydrogen-bond acceptors (Lipinski definition) is 5. The van der Waals surface area contributed by atoms with Crippen LogP contribution in [0.25, 0.3) is 0 Å². The lowest BCUT2D eigenvalue weighted by molar-refractivity contribution is -0.274. The second kappa shape index (κ2) is 11.7. The number of ether oxygens (including phenoxy) is 1. The van der Waals surface area contributed by atoms with Gasteiger partial charge in [-0.3, -0.25) is 14.6 Å². The van der Waals surface area contributed by atoms with Crippen LogP contribution in [0.5, 0.6) is 5.75 Å². The van der Waals surface area contributed by atoms with E-state index in [4.69, 9.17) is 4.99 Å². The van der Waals surface area contributed by atoms with Crippen LogP contribution in [0.3, 0.4) is 0 Å². The van der Waals surface area contributed by atoms with E-state index in [1.165, 1.54) is 18.2 Å². The van der Waals surface area contributed by atoms with Gasteiger partial charge in [0, 0.05) is 24.1 Å². The highest BCUT2D eigenvalue weighted by molar-refractivity contribution is 6.46. The minimum atomic E-state index is -4.86.